The number of benzene rings is 1. The Balaban J connectivity index is 2.04. The van der Waals surface area contributed by atoms with Gasteiger partial charge < -0.3 is 9.67 Å². The maximum Gasteiger partial charge on any atom is 0.141 e. The molecule has 3 nitrogen and oxygen atoms in total. The number of aryl methyl sites for hydroxylation is 1. The van der Waals surface area contributed by atoms with Gasteiger partial charge in [-0.1, -0.05) is 43.2 Å². The fraction of sp³-hybridized carbons (Fsp3) is 0.471. The van der Waals surface area contributed by atoms with Crippen LogP contribution in [0.15, 0.2) is 42.7 Å². The molecule has 3 heteroatoms. The van der Waals surface area contributed by atoms with Gasteiger partial charge in [0.25, 0.3) is 0 Å². The SMILES string of the molecule is CCn1ccnc1C1(O)CCCCC1c1ccccc1. The number of rotatable bonds is 3. The third-order valence-electron chi connectivity index (χ3n) is 4.52. The van der Waals surface area contributed by atoms with Crippen LogP contribution in [0.5, 0.6) is 0 Å². The van der Waals surface area contributed by atoms with Crippen LogP contribution in [-0.2, 0) is 12.1 Å². The summed E-state index contributed by atoms with van der Waals surface area (Å²) < 4.78 is 2.07. The third kappa shape index (κ3) is 2.16. The molecular formula is C17H22N2O. The fourth-order valence-electron chi connectivity index (χ4n) is 3.50. The number of aliphatic hydroxyl groups is 1. The standard InChI is InChI=1S/C17H22N2O/c1-2-19-13-12-18-16(19)17(20)11-7-6-10-15(17)14-8-4-3-5-9-14/h3-5,8-9,12-13,15,20H,2,6-7,10-11H2,1H3. The average molecular weight is 270 g/mol. The van der Waals surface area contributed by atoms with Crippen LogP contribution in [0.2, 0.25) is 0 Å². The first-order chi connectivity index (χ1) is 9.75. The summed E-state index contributed by atoms with van der Waals surface area (Å²) in [4.78, 5) is 4.47. The van der Waals surface area contributed by atoms with Gasteiger partial charge in [-0.3, -0.25) is 0 Å². The molecule has 0 amide bonds. The zero-order valence-corrected chi connectivity index (χ0v) is 12.0. The van der Waals surface area contributed by atoms with Crippen molar-refractivity contribution in [2.45, 2.75) is 50.7 Å². The minimum absolute atomic E-state index is 0.144. The van der Waals surface area contributed by atoms with Gasteiger partial charge in [-0.05, 0) is 25.3 Å². The molecule has 1 aromatic heterocycles. The zero-order valence-electron chi connectivity index (χ0n) is 12.0. The summed E-state index contributed by atoms with van der Waals surface area (Å²) in [6, 6.07) is 10.4. The Morgan fingerprint density at radius 2 is 2.10 bits per heavy atom. The lowest BCUT2D eigenvalue weighted by Crippen LogP contribution is -2.39. The number of hydrogen-bond acceptors (Lipinski definition) is 2. The Morgan fingerprint density at radius 1 is 1.30 bits per heavy atom. The summed E-state index contributed by atoms with van der Waals surface area (Å²) >= 11 is 0. The van der Waals surface area contributed by atoms with Crippen LogP contribution in [0.25, 0.3) is 0 Å². The molecule has 1 aliphatic rings. The molecule has 2 aromatic rings. The number of imidazole rings is 1. The van der Waals surface area contributed by atoms with Crippen LogP contribution in [0.1, 0.15) is 49.9 Å². The Labute approximate surface area is 120 Å². The first-order valence-electron chi connectivity index (χ1n) is 7.54. The van der Waals surface area contributed by atoms with E-state index in [-0.39, 0.29) is 5.92 Å². The molecule has 0 aliphatic heterocycles. The van der Waals surface area contributed by atoms with Crippen LogP contribution < -0.4 is 0 Å². The second kappa shape index (κ2) is 5.41. The lowest BCUT2D eigenvalue weighted by atomic mass is 9.71. The highest BCUT2D eigenvalue weighted by Crippen LogP contribution is 2.46. The number of nitrogens with zero attached hydrogens (tertiary/aromatic N) is 2. The molecule has 106 valence electrons. The molecule has 3 rings (SSSR count). The van der Waals surface area contributed by atoms with Crippen molar-refractivity contribution in [3.8, 4) is 0 Å². The van der Waals surface area contributed by atoms with Crippen LogP contribution in [0.4, 0.5) is 0 Å². The first kappa shape index (κ1) is 13.4. The first-order valence-corrected chi connectivity index (χ1v) is 7.54. The van der Waals surface area contributed by atoms with Gasteiger partial charge in [-0.25, -0.2) is 4.98 Å². The highest BCUT2D eigenvalue weighted by molar-refractivity contribution is 5.26. The minimum atomic E-state index is -0.834. The summed E-state index contributed by atoms with van der Waals surface area (Å²) in [5, 5.41) is 11.4. The molecule has 0 radical (unpaired) electrons. The predicted molar refractivity (Wildman–Crippen MR) is 79.4 cm³/mol. The van der Waals surface area contributed by atoms with Gasteiger partial charge in [0.2, 0.25) is 0 Å². The van der Waals surface area contributed by atoms with E-state index >= 15 is 0 Å². The van der Waals surface area contributed by atoms with Gasteiger partial charge in [0.05, 0.1) is 0 Å². The largest absolute Gasteiger partial charge is 0.381 e. The molecule has 1 saturated carbocycles. The van der Waals surface area contributed by atoms with Crippen molar-refractivity contribution < 1.29 is 5.11 Å². The van der Waals surface area contributed by atoms with Gasteiger partial charge in [0, 0.05) is 24.9 Å². The normalized spacial score (nSPS) is 26.6. The second-order valence-electron chi connectivity index (χ2n) is 5.67. The molecule has 1 N–H and O–H groups in total. The smallest absolute Gasteiger partial charge is 0.141 e. The van der Waals surface area contributed by atoms with Crippen molar-refractivity contribution in [3.05, 3.63) is 54.1 Å². The molecular weight excluding hydrogens is 248 g/mol. The topological polar surface area (TPSA) is 38.0 Å². The van der Waals surface area contributed by atoms with E-state index in [1.807, 2.05) is 12.3 Å². The van der Waals surface area contributed by atoms with Gasteiger partial charge in [-0.2, -0.15) is 0 Å². The number of aromatic nitrogens is 2. The van der Waals surface area contributed by atoms with Crippen molar-refractivity contribution in [3.63, 3.8) is 0 Å². The van der Waals surface area contributed by atoms with E-state index in [2.05, 4.69) is 40.7 Å². The molecule has 20 heavy (non-hydrogen) atoms. The van der Waals surface area contributed by atoms with E-state index in [4.69, 9.17) is 0 Å². The zero-order chi connectivity index (χ0) is 14.0. The van der Waals surface area contributed by atoms with Crippen molar-refractivity contribution in [1.29, 1.82) is 0 Å². The maximum atomic E-state index is 11.4. The van der Waals surface area contributed by atoms with Gasteiger partial charge >= 0.3 is 0 Å². The lowest BCUT2D eigenvalue weighted by molar-refractivity contribution is -0.0330. The van der Waals surface area contributed by atoms with E-state index < -0.39 is 5.60 Å². The fourth-order valence-corrected chi connectivity index (χ4v) is 3.50. The van der Waals surface area contributed by atoms with Crippen molar-refractivity contribution in [2.24, 2.45) is 0 Å². The van der Waals surface area contributed by atoms with Crippen LogP contribution in [0.3, 0.4) is 0 Å². The van der Waals surface area contributed by atoms with Crippen molar-refractivity contribution in [2.75, 3.05) is 0 Å². The van der Waals surface area contributed by atoms with E-state index in [9.17, 15) is 5.11 Å². The molecule has 1 heterocycles. The Kier molecular flexibility index (Phi) is 3.62. The van der Waals surface area contributed by atoms with Crippen molar-refractivity contribution >= 4 is 0 Å². The molecule has 0 spiro atoms. The molecule has 0 saturated heterocycles. The van der Waals surface area contributed by atoms with E-state index in [0.717, 1.165) is 31.6 Å². The van der Waals surface area contributed by atoms with Gasteiger partial charge in [0.15, 0.2) is 0 Å². The molecule has 1 aromatic carbocycles. The van der Waals surface area contributed by atoms with E-state index in [0.29, 0.717) is 0 Å². The quantitative estimate of drug-likeness (QED) is 0.927. The van der Waals surface area contributed by atoms with Crippen LogP contribution in [-0.4, -0.2) is 14.7 Å². The van der Waals surface area contributed by atoms with Gasteiger partial charge in [-0.15, -0.1) is 0 Å². The van der Waals surface area contributed by atoms with E-state index in [1.165, 1.54) is 12.0 Å². The Hall–Kier alpha value is -1.61. The Bertz CT molecular complexity index is 563. The summed E-state index contributed by atoms with van der Waals surface area (Å²) in [6.45, 7) is 2.94. The Morgan fingerprint density at radius 3 is 2.85 bits per heavy atom. The molecule has 1 aliphatic carbocycles. The highest BCUT2D eigenvalue weighted by Gasteiger charge is 2.44. The molecule has 1 fully saturated rings. The lowest BCUT2D eigenvalue weighted by Gasteiger charge is -2.40. The van der Waals surface area contributed by atoms with Gasteiger partial charge in [0.1, 0.15) is 11.4 Å². The molecule has 0 bridgehead atoms. The summed E-state index contributed by atoms with van der Waals surface area (Å²) in [7, 11) is 0. The van der Waals surface area contributed by atoms with Crippen molar-refractivity contribution in [1.82, 2.24) is 9.55 Å². The second-order valence-corrected chi connectivity index (χ2v) is 5.67. The predicted octanol–water partition coefficient (Wildman–Crippen LogP) is 3.45. The average Bonchev–Trinajstić information content (AvgIpc) is 2.98. The summed E-state index contributed by atoms with van der Waals surface area (Å²) in [5.41, 5.74) is 0.388. The minimum Gasteiger partial charge on any atom is -0.381 e. The molecule has 2 unspecified atom stereocenters. The van der Waals surface area contributed by atoms with Crippen LogP contribution in [0, 0.1) is 0 Å². The highest BCUT2D eigenvalue weighted by atomic mass is 16.3. The summed E-state index contributed by atoms with van der Waals surface area (Å²) in [5.74, 6) is 0.971. The maximum absolute atomic E-state index is 11.4. The monoisotopic (exact) mass is 270 g/mol. The summed E-state index contributed by atoms with van der Waals surface area (Å²) in [6.07, 6.45) is 7.82. The van der Waals surface area contributed by atoms with Crippen LogP contribution >= 0.6 is 0 Å². The van der Waals surface area contributed by atoms with E-state index in [1.54, 1.807) is 6.20 Å². The molecule has 2 atom stereocenters. The third-order valence-corrected chi connectivity index (χ3v) is 4.52. The number of hydrogen-bond donors (Lipinski definition) is 1.